The Labute approximate surface area is 155 Å². The molecule has 0 saturated carbocycles. The molecule has 0 bridgehead atoms. The van der Waals surface area contributed by atoms with Crippen LogP contribution < -0.4 is 0 Å². The highest BCUT2D eigenvalue weighted by Gasteiger charge is 2.26. The Hall–Kier alpha value is -1.76. The number of morpholine rings is 1. The Morgan fingerprint density at radius 3 is 2.62 bits per heavy atom. The van der Waals surface area contributed by atoms with E-state index in [4.69, 9.17) is 4.74 Å². The number of likely N-dealkylation sites (tertiary alicyclic amines) is 1. The monoisotopic (exact) mass is 355 g/mol. The highest BCUT2D eigenvalue weighted by atomic mass is 16.5. The zero-order valence-corrected chi connectivity index (χ0v) is 15.7. The Balaban J connectivity index is 1.40. The molecule has 2 aliphatic heterocycles. The third-order valence-corrected chi connectivity index (χ3v) is 5.59. The van der Waals surface area contributed by atoms with Gasteiger partial charge in [0.15, 0.2) is 0 Å². The third kappa shape index (κ3) is 4.14. The van der Waals surface area contributed by atoms with E-state index in [2.05, 4.69) is 61.9 Å². The molecule has 6 heteroatoms. The van der Waals surface area contributed by atoms with Crippen molar-refractivity contribution in [2.75, 3.05) is 39.4 Å². The van der Waals surface area contributed by atoms with Crippen LogP contribution in [0.2, 0.25) is 0 Å². The van der Waals surface area contributed by atoms with Crippen molar-refractivity contribution in [1.82, 2.24) is 24.6 Å². The lowest BCUT2D eigenvalue weighted by atomic mass is 9.96. The van der Waals surface area contributed by atoms with Gasteiger partial charge in [-0.25, -0.2) is 0 Å². The largest absolute Gasteiger partial charge is 0.379 e. The predicted octanol–water partition coefficient (Wildman–Crippen LogP) is 2.03. The van der Waals surface area contributed by atoms with E-state index < -0.39 is 0 Å². The summed E-state index contributed by atoms with van der Waals surface area (Å²) in [4.78, 5) is 4.96. The van der Waals surface area contributed by atoms with Crippen LogP contribution >= 0.6 is 0 Å². The fourth-order valence-electron chi connectivity index (χ4n) is 4.08. The van der Waals surface area contributed by atoms with Crippen molar-refractivity contribution in [3.8, 4) is 0 Å². The molecular formula is C20H29N5O. The molecule has 0 N–H and O–H groups in total. The van der Waals surface area contributed by atoms with Crippen molar-refractivity contribution >= 4 is 0 Å². The van der Waals surface area contributed by atoms with Crippen LogP contribution in [0.4, 0.5) is 0 Å². The van der Waals surface area contributed by atoms with Crippen LogP contribution in [0, 0.1) is 0 Å². The summed E-state index contributed by atoms with van der Waals surface area (Å²) in [5, 5.41) is 9.08. The lowest BCUT2D eigenvalue weighted by molar-refractivity contribution is 0.0326. The first-order chi connectivity index (χ1) is 12.8. The van der Waals surface area contributed by atoms with Gasteiger partial charge in [0.2, 0.25) is 0 Å². The summed E-state index contributed by atoms with van der Waals surface area (Å²) in [6, 6.07) is 10.8. The van der Waals surface area contributed by atoms with Gasteiger partial charge in [-0.2, -0.15) is 0 Å². The second-order valence-electron chi connectivity index (χ2n) is 7.48. The standard InChI is InChI=1S/C20H29N5O/c1-23-19(16-24-10-12-26-13-11-24)21-22-20(23)18-8-5-9-25(15-18)14-17-6-3-2-4-7-17/h2-4,6-7,18H,5,8-16H2,1H3. The van der Waals surface area contributed by atoms with E-state index in [1.54, 1.807) is 0 Å². The average Bonchev–Trinajstić information content (AvgIpc) is 3.04. The number of rotatable bonds is 5. The topological polar surface area (TPSA) is 46.4 Å². The van der Waals surface area contributed by atoms with Gasteiger partial charge in [0, 0.05) is 39.1 Å². The molecule has 2 aromatic rings. The molecule has 0 spiro atoms. The van der Waals surface area contributed by atoms with Gasteiger partial charge in [-0.05, 0) is 24.9 Å². The first-order valence-electron chi connectivity index (χ1n) is 9.74. The van der Waals surface area contributed by atoms with E-state index in [1.807, 2.05) is 0 Å². The van der Waals surface area contributed by atoms with Gasteiger partial charge in [0.25, 0.3) is 0 Å². The highest BCUT2D eigenvalue weighted by Crippen LogP contribution is 2.27. The van der Waals surface area contributed by atoms with Crippen molar-refractivity contribution in [2.45, 2.75) is 31.8 Å². The van der Waals surface area contributed by atoms with Gasteiger partial charge < -0.3 is 9.30 Å². The van der Waals surface area contributed by atoms with Crippen molar-refractivity contribution in [3.63, 3.8) is 0 Å². The first kappa shape index (κ1) is 17.6. The lowest BCUT2D eigenvalue weighted by Gasteiger charge is -2.32. The van der Waals surface area contributed by atoms with Gasteiger partial charge >= 0.3 is 0 Å². The Kier molecular flexibility index (Phi) is 5.62. The molecule has 26 heavy (non-hydrogen) atoms. The van der Waals surface area contributed by atoms with E-state index >= 15 is 0 Å². The molecule has 1 atom stereocenters. The molecule has 1 unspecified atom stereocenters. The predicted molar refractivity (Wildman–Crippen MR) is 101 cm³/mol. The van der Waals surface area contributed by atoms with Crippen LogP contribution in [0.3, 0.4) is 0 Å². The summed E-state index contributed by atoms with van der Waals surface area (Å²) in [6.07, 6.45) is 2.43. The van der Waals surface area contributed by atoms with Gasteiger partial charge in [0.1, 0.15) is 11.6 Å². The van der Waals surface area contributed by atoms with Gasteiger partial charge in [0.05, 0.1) is 19.8 Å². The molecule has 2 fully saturated rings. The molecule has 3 heterocycles. The molecular weight excluding hydrogens is 326 g/mol. The molecule has 0 aliphatic carbocycles. The van der Waals surface area contributed by atoms with Crippen LogP contribution in [0.15, 0.2) is 30.3 Å². The molecule has 1 aromatic carbocycles. The highest BCUT2D eigenvalue weighted by molar-refractivity contribution is 5.15. The van der Waals surface area contributed by atoms with Gasteiger partial charge in [-0.3, -0.25) is 9.80 Å². The summed E-state index contributed by atoms with van der Waals surface area (Å²) in [6.45, 7) is 7.74. The number of benzene rings is 1. The molecule has 0 radical (unpaired) electrons. The van der Waals surface area contributed by atoms with Crippen LogP contribution in [-0.2, 0) is 24.9 Å². The minimum atomic E-state index is 0.475. The van der Waals surface area contributed by atoms with Crippen LogP contribution in [0.5, 0.6) is 0 Å². The third-order valence-electron chi connectivity index (χ3n) is 5.59. The number of hydrogen-bond donors (Lipinski definition) is 0. The van der Waals surface area contributed by atoms with Gasteiger partial charge in [-0.1, -0.05) is 30.3 Å². The average molecular weight is 355 g/mol. The second-order valence-corrected chi connectivity index (χ2v) is 7.48. The zero-order chi connectivity index (χ0) is 17.8. The van der Waals surface area contributed by atoms with E-state index in [-0.39, 0.29) is 0 Å². The maximum atomic E-state index is 5.44. The SMILES string of the molecule is Cn1c(CN2CCOCC2)nnc1C1CCCN(Cc2ccccc2)C1. The quantitative estimate of drug-likeness (QED) is 0.821. The first-order valence-corrected chi connectivity index (χ1v) is 9.74. The number of piperidine rings is 1. The van der Waals surface area contributed by atoms with Crippen molar-refractivity contribution in [3.05, 3.63) is 47.5 Å². The lowest BCUT2D eigenvalue weighted by Crippen LogP contribution is -2.36. The van der Waals surface area contributed by atoms with Crippen molar-refractivity contribution < 1.29 is 4.74 Å². The Bertz CT molecular complexity index is 695. The minimum absolute atomic E-state index is 0.475. The molecule has 0 amide bonds. The van der Waals surface area contributed by atoms with Crippen molar-refractivity contribution in [1.29, 1.82) is 0 Å². The summed E-state index contributed by atoms with van der Waals surface area (Å²) < 4.78 is 7.67. The van der Waals surface area contributed by atoms with Crippen molar-refractivity contribution in [2.24, 2.45) is 7.05 Å². The zero-order valence-electron chi connectivity index (χ0n) is 15.7. The van der Waals surface area contributed by atoms with Crippen LogP contribution in [0.25, 0.3) is 0 Å². The number of nitrogens with zero attached hydrogens (tertiary/aromatic N) is 5. The molecule has 2 aliphatic rings. The van der Waals surface area contributed by atoms with Gasteiger partial charge in [-0.15, -0.1) is 10.2 Å². The fraction of sp³-hybridized carbons (Fsp3) is 0.600. The van der Waals surface area contributed by atoms with E-state index in [0.717, 1.165) is 57.6 Å². The molecule has 140 valence electrons. The van der Waals surface area contributed by atoms with E-state index in [9.17, 15) is 0 Å². The number of aromatic nitrogens is 3. The molecule has 4 rings (SSSR count). The Morgan fingerprint density at radius 2 is 1.81 bits per heavy atom. The summed E-state index contributed by atoms with van der Waals surface area (Å²) in [7, 11) is 2.13. The molecule has 6 nitrogen and oxygen atoms in total. The maximum absolute atomic E-state index is 5.44. The van der Waals surface area contributed by atoms with Crippen LogP contribution in [-0.4, -0.2) is 64.0 Å². The smallest absolute Gasteiger partial charge is 0.146 e. The van der Waals surface area contributed by atoms with Crippen LogP contribution in [0.1, 0.15) is 36.0 Å². The summed E-state index contributed by atoms with van der Waals surface area (Å²) in [5.74, 6) is 2.69. The fourth-order valence-corrected chi connectivity index (χ4v) is 4.08. The number of ether oxygens (including phenoxy) is 1. The summed E-state index contributed by atoms with van der Waals surface area (Å²) in [5.41, 5.74) is 1.39. The van der Waals surface area contributed by atoms with E-state index in [0.29, 0.717) is 5.92 Å². The molecule has 1 aromatic heterocycles. The molecule has 2 saturated heterocycles. The van der Waals surface area contributed by atoms with E-state index in [1.165, 1.54) is 24.9 Å². The minimum Gasteiger partial charge on any atom is -0.379 e. The normalized spacial score (nSPS) is 22.6. The number of hydrogen-bond acceptors (Lipinski definition) is 5. The second kappa shape index (κ2) is 8.29. The summed E-state index contributed by atoms with van der Waals surface area (Å²) >= 11 is 0. The maximum Gasteiger partial charge on any atom is 0.146 e. The Morgan fingerprint density at radius 1 is 1.00 bits per heavy atom.